The molecule has 0 bridgehead atoms. The van der Waals surface area contributed by atoms with Crippen molar-refractivity contribution in [1.29, 1.82) is 0 Å². The number of carbonyl (C=O) groups is 1. The van der Waals surface area contributed by atoms with E-state index in [4.69, 9.17) is 5.73 Å². The monoisotopic (exact) mass is 441 g/mol. The molecule has 0 atom stereocenters. The molecule has 1 aromatic heterocycles. The zero-order chi connectivity index (χ0) is 18.2. The lowest BCUT2D eigenvalue weighted by molar-refractivity contribution is -0.118. The SMILES string of the molecule is Cl.Cl.NCC1(CC(=O)Nc2ccc(SCc3cccnc3)cc2)CCCCC1. The Morgan fingerprint density at radius 3 is 2.43 bits per heavy atom. The van der Waals surface area contributed by atoms with Crippen LogP contribution in [0.2, 0.25) is 0 Å². The molecule has 1 amide bonds. The van der Waals surface area contributed by atoms with Crippen LogP contribution in [-0.4, -0.2) is 17.4 Å². The minimum Gasteiger partial charge on any atom is -0.330 e. The van der Waals surface area contributed by atoms with Crippen LogP contribution >= 0.6 is 36.6 Å². The third kappa shape index (κ3) is 7.28. The van der Waals surface area contributed by atoms with Crippen LogP contribution in [0.4, 0.5) is 5.69 Å². The van der Waals surface area contributed by atoms with Gasteiger partial charge in [0.15, 0.2) is 0 Å². The first-order valence-electron chi connectivity index (χ1n) is 9.31. The molecule has 0 unspecified atom stereocenters. The number of thioether (sulfide) groups is 1. The van der Waals surface area contributed by atoms with E-state index in [0.717, 1.165) is 24.3 Å². The Bertz CT molecular complexity index is 707. The summed E-state index contributed by atoms with van der Waals surface area (Å²) in [5, 5.41) is 3.04. The number of hydrogen-bond acceptors (Lipinski definition) is 4. The Morgan fingerprint density at radius 2 is 1.82 bits per heavy atom. The number of halogens is 2. The number of benzene rings is 1. The average molecular weight is 442 g/mol. The third-order valence-electron chi connectivity index (χ3n) is 5.15. The molecule has 1 saturated carbocycles. The zero-order valence-electron chi connectivity index (χ0n) is 15.9. The first-order chi connectivity index (χ1) is 12.7. The molecule has 3 rings (SSSR count). The van der Waals surface area contributed by atoms with Gasteiger partial charge in [-0.3, -0.25) is 9.78 Å². The molecule has 1 heterocycles. The van der Waals surface area contributed by atoms with E-state index in [1.807, 2.05) is 24.4 Å². The van der Waals surface area contributed by atoms with Crippen LogP contribution in [0.1, 0.15) is 44.1 Å². The minimum absolute atomic E-state index is 0. The highest BCUT2D eigenvalue weighted by Gasteiger charge is 2.32. The number of anilines is 1. The van der Waals surface area contributed by atoms with Crippen LogP contribution in [-0.2, 0) is 10.5 Å². The second kappa shape index (κ2) is 12.3. The molecule has 28 heavy (non-hydrogen) atoms. The Labute approximate surface area is 184 Å². The summed E-state index contributed by atoms with van der Waals surface area (Å²) in [7, 11) is 0. The lowest BCUT2D eigenvalue weighted by atomic mass is 9.71. The van der Waals surface area contributed by atoms with Gasteiger partial charge in [-0.15, -0.1) is 36.6 Å². The molecular weight excluding hydrogens is 413 g/mol. The summed E-state index contributed by atoms with van der Waals surface area (Å²) in [5.74, 6) is 0.964. The van der Waals surface area contributed by atoms with Gasteiger partial charge in [-0.2, -0.15) is 0 Å². The maximum Gasteiger partial charge on any atom is 0.224 e. The van der Waals surface area contributed by atoms with Gasteiger partial charge >= 0.3 is 0 Å². The molecule has 0 aliphatic heterocycles. The summed E-state index contributed by atoms with van der Waals surface area (Å²) in [6, 6.07) is 12.1. The number of pyridine rings is 1. The Kier molecular flexibility index (Phi) is 10.9. The highest BCUT2D eigenvalue weighted by molar-refractivity contribution is 7.98. The van der Waals surface area contributed by atoms with Crippen molar-refractivity contribution >= 4 is 48.2 Å². The van der Waals surface area contributed by atoms with E-state index in [2.05, 4.69) is 28.5 Å². The fraction of sp³-hybridized carbons (Fsp3) is 0.429. The van der Waals surface area contributed by atoms with Gasteiger partial charge in [0.25, 0.3) is 0 Å². The predicted molar refractivity (Wildman–Crippen MR) is 123 cm³/mol. The molecule has 0 radical (unpaired) electrons. The first kappa shape index (κ1) is 24.8. The summed E-state index contributed by atoms with van der Waals surface area (Å²) < 4.78 is 0. The van der Waals surface area contributed by atoms with E-state index in [-0.39, 0.29) is 36.1 Å². The number of rotatable bonds is 7. The molecule has 3 N–H and O–H groups in total. The van der Waals surface area contributed by atoms with Gasteiger partial charge in [0.1, 0.15) is 0 Å². The molecule has 0 spiro atoms. The van der Waals surface area contributed by atoms with Gasteiger partial charge < -0.3 is 11.1 Å². The molecule has 2 aromatic rings. The second-order valence-corrected chi connectivity index (χ2v) is 8.21. The molecule has 1 aliphatic rings. The highest BCUT2D eigenvalue weighted by Crippen LogP contribution is 2.38. The summed E-state index contributed by atoms with van der Waals surface area (Å²) in [6.45, 7) is 0.602. The lowest BCUT2D eigenvalue weighted by Crippen LogP contribution is -2.36. The quantitative estimate of drug-likeness (QED) is 0.559. The number of aromatic nitrogens is 1. The van der Waals surface area contributed by atoms with Crippen molar-refractivity contribution in [2.24, 2.45) is 11.1 Å². The summed E-state index contributed by atoms with van der Waals surface area (Å²) >= 11 is 1.76. The third-order valence-corrected chi connectivity index (χ3v) is 6.23. The number of carbonyl (C=O) groups excluding carboxylic acids is 1. The van der Waals surface area contributed by atoms with Crippen LogP contribution in [0.25, 0.3) is 0 Å². The van der Waals surface area contributed by atoms with Gasteiger partial charge in [0.2, 0.25) is 5.91 Å². The van der Waals surface area contributed by atoms with Crippen LogP contribution < -0.4 is 11.1 Å². The van der Waals surface area contributed by atoms with Crippen LogP contribution in [0.15, 0.2) is 53.7 Å². The smallest absolute Gasteiger partial charge is 0.224 e. The average Bonchev–Trinajstić information content (AvgIpc) is 2.69. The van der Waals surface area contributed by atoms with Crippen LogP contribution in [0.5, 0.6) is 0 Å². The maximum atomic E-state index is 12.5. The predicted octanol–water partition coefficient (Wildman–Crippen LogP) is 5.46. The van der Waals surface area contributed by atoms with E-state index in [9.17, 15) is 4.79 Å². The Balaban J connectivity index is 0.00000196. The van der Waals surface area contributed by atoms with Gasteiger partial charge in [-0.25, -0.2) is 0 Å². The van der Waals surface area contributed by atoms with Crippen molar-refractivity contribution in [3.05, 3.63) is 54.4 Å². The van der Waals surface area contributed by atoms with Crippen LogP contribution in [0.3, 0.4) is 0 Å². The van der Waals surface area contributed by atoms with Crippen molar-refractivity contribution < 1.29 is 4.79 Å². The Hall–Kier alpha value is -1.27. The topological polar surface area (TPSA) is 68.0 Å². The molecule has 0 saturated heterocycles. The molecule has 154 valence electrons. The highest BCUT2D eigenvalue weighted by atomic mass is 35.5. The normalized spacial score (nSPS) is 15.0. The summed E-state index contributed by atoms with van der Waals surface area (Å²) in [4.78, 5) is 17.8. The molecular formula is C21H29Cl2N3OS. The molecule has 1 aromatic carbocycles. The van der Waals surface area contributed by atoms with Crippen molar-refractivity contribution in [3.8, 4) is 0 Å². The number of amides is 1. The van der Waals surface area contributed by atoms with Gasteiger partial charge in [0.05, 0.1) is 0 Å². The lowest BCUT2D eigenvalue weighted by Gasteiger charge is -2.35. The number of hydrogen-bond donors (Lipinski definition) is 2. The molecule has 1 aliphatic carbocycles. The summed E-state index contributed by atoms with van der Waals surface area (Å²) in [5.41, 5.74) is 8.05. The minimum atomic E-state index is 0. The van der Waals surface area contributed by atoms with Gasteiger partial charge in [0, 0.05) is 35.2 Å². The van der Waals surface area contributed by atoms with E-state index in [1.165, 1.54) is 29.7 Å². The number of nitrogens with one attached hydrogen (secondary N) is 1. The van der Waals surface area contributed by atoms with E-state index < -0.39 is 0 Å². The van der Waals surface area contributed by atoms with Crippen LogP contribution in [0, 0.1) is 5.41 Å². The molecule has 4 nitrogen and oxygen atoms in total. The second-order valence-electron chi connectivity index (χ2n) is 7.16. The maximum absolute atomic E-state index is 12.5. The number of nitrogens with zero attached hydrogens (tertiary/aromatic N) is 1. The molecule has 1 fully saturated rings. The van der Waals surface area contributed by atoms with E-state index in [1.54, 1.807) is 18.0 Å². The van der Waals surface area contributed by atoms with Crippen molar-refractivity contribution in [3.63, 3.8) is 0 Å². The standard InChI is InChI=1S/C21H27N3OS.2ClH/c22-16-21(10-2-1-3-11-21)13-20(25)24-18-6-8-19(9-7-18)26-15-17-5-4-12-23-14-17;;/h4-9,12,14H,1-3,10-11,13,15-16,22H2,(H,24,25);2*1H. The summed E-state index contributed by atoms with van der Waals surface area (Å²) in [6.07, 6.45) is 9.98. The van der Waals surface area contributed by atoms with Crippen molar-refractivity contribution in [1.82, 2.24) is 4.98 Å². The van der Waals surface area contributed by atoms with Gasteiger partial charge in [-0.1, -0.05) is 25.3 Å². The fourth-order valence-electron chi connectivity index (χ4n) is 3.59. The Morgan fingerprint density at radius 1 is 1.11 bits per heavy atom. The fourth-order valence-corrected chi connectivity index (χ4v) is 4.42. The largest absolute Gasteiger partial charge is 0.330 e. The molecule has 7 heteroatoms. The zero-order valence-corrected chi connectivity index (χ0v) is 18.4. The van der Waals surface area contributed by atoms with E-state index >= 15 is 0 Å². The first-order valence-corrected chi connectivity index (χ1v) is 10.3. The van der Waals surface area contributed by atoms with Crippen molar-refractivity contribution in [2.45, 2.75) is 49.2 Å². The number of nitrogens with two attached hydrogens (primary N) is 1. The van der Waals surface area contributed by atoms with Gasteiger partial charge in [-0.05, 0) is 60.7 Å². The van der Waals surface area contributed by atoms with E-state index in [0.29, 0.717) is 13.0 Å². The van der Waals surface area contributed by atoms with Crippen molar-refractivity contribution in [2.75, 3.05) is 11.9 Å².